The van der Waals surface area contributed by atoms with Crippen LogP contribution in [-0.4, -0.2) is 30.3 Å². The van der Waals surface area contributed by atoms with Crippen LogP contribution in [-0.2, 0) is 13.0 Å². The smallest absolute Gasteiger partial charge is 0.191 e. The summed E-state index contributed by atoms with van der Waals surface area (Å²) in [5.74, 6) is 2.07. The second-order valence-corrected chi connectivity index (χ2v) is 7.98. The lowest BCUT2D eigenvalue weighted by Crippen LogP contribution is -2.05. The van der Waals surface area contributed by atoms with Crippen LogP contribution >= 0.6 is 23.1 Å². The van der Waals surface area contributed by atoms with E-state index in [0.29, 0.717) is 6.04 Å². The molecule has 0 N–H and O–H groups in total. The van der Waals surface area contributed by atoms with Gasteiger partial charge in [-0.1, -0.05) is 17.8 Å². The summed E-state index contributed by atoms with van der Waals surface area (Å²) in [5, 5.41) is 16.4. The molecule has 23 heavy (non-hydrogen) atoms. The van der Waals surface area contributed by atoms with Crippen LogP contribution in [0.4, 0.5) is 0 Å². The minimum atomic E-state index is 0.606. The first-order chi connectivity index (χ1) is 11.3. The van der Waals surface area contributed by atoms with Crippen molar-refractivity contribution in [3.05, 3.63) is 46.2 Å². The number of rotatable bonds is 7. The van der Waals surface area contributed by atoms with E-state index in [-0.39, 0.29) is 0 Å². The van der Waals surface area contributed by atoms with Crippen molar-refractivity contribution in [2.45, 2.75) is 43.9 Å². The normalized spacial score (nSPS) is 14.5. The number of thiophene rings is 1. The fraction of sp³-hybridized carbons (Fsp3) is 0.438. The standard InChI is InChI=1S/C16H19N5S2/c1-12-10-17-20(11-12)6-8-23-16-19-18-15(21(16)13-4-5-13)9-14-3-2-7-22-14/h2-3,7,10-11,13H,4-6,8-9H2,1H3. The van der Waals surface area contributed by atoms with Crippen molar-refractivity contribution >= 4 is 23.1 Å². The molecule has 120 valence electrons. The van der Waals surface area contributed by atoms with Crippen LogP contribution in [0.15, 0.2) is 35.1 Å². The highest BCUT2D eigenvalue weighted by atomic mass is 32.2. The first kappa shape index (κ1) is 15.0. The van der Waals surface area contributed by atoms with Crippen LogP contribution in [0.5, 0.6) is 0 Å². The van der Waals surface area contributed by atoms with E-state index in [9.17, 15) is 0 Å². The molecular formula is C16H19N5S2. The maximum absolute atomic E-state index is 4.46. The molecule has 0 atom stereocenters. The van der Waals surface area contributed by atoms with Gasteiger partial charge in [-0.05, 0) is 36.8 Å². The van der Waals surface area contributed by atoms with Gasteiger partial charge in [0.25, 0.3) is 0 Å². The molecule has 0 amide bonds. The third-order valence-corrected chi connectivity index (χ3v) is 5.67. The van der Waals surface area contributed by atoms with Crippen LogP contribution < -0.4 is 0 Å². The molecule has 5 nitrogen and oxygen atoms in total. The van der Waals surface area contributed by atoms with E-state index < -0.39 is 0 Å². The Balaban J connectivity index is 1.44. The first-order valence-electron chi connectivity index (χ1n) is 7.87. The fourth-order valence-electron chi connectivity index (χ4n) is 2.61. The third-order valence-electron chi connectivity index (χ3n) is 3.87. The van der Waals surface area contributed by atoms with Gasteiger partial charge >= 0.3 is 0 Å². The van der Waals surface area contributed by atoms with Crippen LogP contribution in [0.3, 0.4) is 0 Å². The number of aryl methyl sites for hydroxylation is 2. The summed E-state index contributed by atoms with van der Waals surface area (Å²) in [6, 6.07) is 4.87. The molecular weight excluding hydrogens is 326 g/mol. The number of hydrogen-bond donors (Lipinski definition) is 0. The molecule has 1 aliphatic rings. The van der Waals surface area contributed by atoms with Crippen molar-refractivity contribution in [2.24, 2.45) is 0 Å². The van der Waals surface area contributed by atoms with E-state index >= 15 is 0 Å². The molecule has 0 saturated heterocycles. The van der Waals surface area contributed by atoms with Gasteiger partial charge in [-0.2, -0.15) is 5.10 Å². The van der Waals surface area contributed by atoms with E-state index in [2.05, 4.69) is 50.5 Å². The quantitative estimate of drug-likeness (QED) is 0.614. The molecule has 1 aliphatic carbocycles. The molecule has 0 aromatic carbocycles. The van der Waals surface area contributed by atoms with Gasteiger partial charge in [0.1, 0.15) is 5.82 Å². The molecule has 3 aromatic heterocycles. The van der Waals surface area contributed by atoms with Gasteiger partial charge in [0.15, 0.2) is 5.16 Å². The molecule has 7 heteroatoms. The predicted molar refractivity (Wildman–Crippen MR) is 93.1 cm³/mol. The van der Waals surface area contributed by atoms with Crippen LogP contribution in [0.25, 0.3) is 0 Å². The Hall–Kier alpha value is -1.60. The zero-order valence-corrected chi connectivity index (χ0v) is 14.7. The topological polar surface area (TPSA) is 48.5 Å². The van der Waals surface area contributed by atoms with Crippen molar-refractivity contribution in [1.82, 2.24) is 24.5 Å². The SMILES string of the molecule is Cc1cnn(CCSc2nnc(Cc3cccs3)n2C2CC2)c1. The molecule has 3 heterocycles. The average molecular weight is 345 g/mol. The molecule has 0 aliphatic heterocycles. The van der Waals surface area contributed by atoms with E-state index in [1.165, 1.54) is 23.3 Å². The number of hydrogen-bond acceptors (Lipinski definition) is 5. The summed E-state index contributed by atoms with van der Waals surface area (Å²) in [7, 11) is 0. The Kier molecular flexibility index (Phi) is 4.22. The van der Waals surface area contributed by atoms with Crippen LogP contribution in [0, 0.1) is 6.92 Å². The third kappa shape index (κ3) is 3.50. The summed E-state index contributed by atoms with van der Waals surface area (Å²) in [4.78, 5) is 1.35. The summed E-state index contributed by atoms with van der Waals surface area (Å²) >= 11 is 3.57. The highest BCUT2D eigenvalue weighted by molar-refractivity contribution is 7.99. The lowest BCUT2D eigenvalue weighted by Gasteiger charge is -2.08. The van der Waals surface area contributed by atoms with Gasteiger partial charge in [0.2, 0.25) is 0 Å². The predicted octanol–water partition coefficient (Wildman–Crippen LogP) is 3.56. The van der Waals surface area contributed by atoms with Crippen molar-refractivity contribution in [3.63, 3.8) is 0 Å². The average Bonchev–Trinajstić information content (AvgIpc) is 2.94. The monoisotopic (exact) mass is 345 g/mol. The summed E-state index contributed by atoms with van der Waals surface area (Å²) in [5.41, 5.74) is 1.20. The van der Waals surface area contributed by atoms with Gasteiger partial charge in [0.05, 0.1) is 12.7 Å². The molecule has 1 fully saturated rings. The van der Waals surface area contributed by atoms with Crippen molar-refractivity contribution in [1.29, 1.82) is 0 Å². The van der Waals surface area contributed by atoms with Crippen molar-refractivity contribution in [2.75, 3.05) is 5.75 Å². The zero-order valence-electron chi connectivity index (χ0n) is 13.1. The van der Waals surface area contributed by atoms with Crippen LogP contribution in [0.1, 0.15) is 35.1 Å². The van der Waals surface area contributed by atoms with Gasteiger partial charge in [-0.3, -0.25) is 4.68 Å². The summed E-state index contributed by atoms with van der Waals surface area (Å²) in [6.45, 7) is 2.97. The Morgan fingerprint density at radius 3 is 2.96 bits per heavy atom. The molecule has 0 spiro atoms. The summed E-state index contributed by atoms with van der Waals surface area (Å²) < 4.78 is 4.35. The highest BCUT2D eigenvalue weighted by Gasteiger charge is 2.29. The molecule has 0 bridgehead atoms. The van der Waals surface area contributed by atoms with Crippen molar-refractivity contribution in [3.8, 4) is 0 Å². The van der Waals surface area contributed by atoms with Gasteiger partial charge in [-0.15, -0.1) is 21.5 Å². The zero-order chi connectivity index (χ0) is 15.6. The molecule has 1 saturated carbocycles. The molecule has 3 aromatic rings. The van der Waals surface area contributed by atoms with Gasteiger partial charge < -0.3 is 4.57 Å². The second kappa shape index (κ2) is 6.49. The van der Waals surface area contributed by atoms with Crippen LogP contribution in [0.2, 0.25) is 0 Å². The van der Waals surface area contributed by atoms with E-state index in [1.807, 2.05) is 10.9 Å². The van der Waals surface area contributed by atoms with Crippen molar-refractivity contribution < 1.29 is 0 Å². The Morgan fingerprint density at radius 1 is 1.35 bits per heavy atom. The lowest BCUT2D eigenvalue weighted by molar-refractivity contribution is 0.631. The minimum absolute atomic E-state index is 0.606. The second-order valence-electron chi connectivity index (χ2n) is 5.89. The maximum atomic E-state index is 4.46. The maximum Gasteiger partial charge on any atom is 0.191 e. The first-order valence-corrected chi connectivity index (χ1v) is 9.74. The number of nitrogens with zero attached hydrogens (tertiary/aromatic N) is 5. The van der Waals surface area contributed by atoms with Gasteiger partial charge in [-0.25, -0.2) is 0 Å². The highest BCUT2D eigenvalue weighted by Crippen LogP contribution is 2.39. The Morgan fingerprint density at radius 2 is 2.26 bits per heavy atom. The lowest BCUT2D eigenvalue weighted by atomic mass is 10.3. The Labute approximate surface area is 143 Å². The molecule has 0 unspecified atom stereocenters. The Bertz CT molecular complexity index is 770. The number of aromatic nitrogens is 5. The van der Waals surface area contributed by atoms with E-state index in [4.69, 9.17) is 0 Å². The van der Waals surface area contributed by atoms with Gasteiger partial charge in [0, 0.05) is 29.3 Å². The van der Waals surface area contributed by atoms with E-state index in [0.717, 1.165) is 29.7 Å². The molecule has 0 radical (unpaired) electrons. The molecule has 4 rings (SSSR count). The fourth-order valence-corrected chi connectivity index (χ4v) is 4.27. The largest absolute Gasteiger partial charge is 0.303 e. The minimum Gasteiger partial charge on any atom is -0.303 e. The number of thioether (sulfide) groups is 1. The van der Waals surface area contributed by atoms with E-state index in [1.54, 1.807) is 23.1 Å². The summed E-state index contributed by atoms with van der Waals surface area (Å²) in [6.07, 6.45) is 7.37.